The minimum absolute atomic E-state index is 0.0412. The number of carbonyl (C=O) groups is 2. The van der Waals surface area contributed by atoms with E-state index in [-0.39, 0.29) is 24.6 Å². The molecule has 152 valence electrons. The molecule has 3 aliphatic heterocycles. The van der Waals surface area contributed by atoms with Gasteiger partial charge in [0.15, 0.2) is 11.5 Å². The number of anilines is 1. The van der Waals surface area contributed by atoms with Gasteiger partial charge in [-0.2, -0.15) is 0 Å². The molecule has 0 spiro atoms. The molecule has 3 aliphatic rings. The summed E-state index contributed by atoms with van der Waals surface area (Å²) in [4.78, 5) is 31.3. The molecule has 8 heteroatoms. The van der Waals surface area contributed by atoms with Crippen LogP contribution in [0.3, 0.4) is 0 Å². The number of piperazine rings is 1. The maximum atomic E-state index is 12.6. The van der Waals surface area contributed by atoms with Crippen molar-refractivity contribution in [2.75, 3.05) is 57.9 Å². The molecule has 1 N–H and O–H groups in total. The fourth-order valence-electron chi connectivity index (χ4n) is 3.95. The second kappa shape index (κ2) is 8.36. The highest BCUT2D eigenvalue weighted by atomic mass is 16.7. The average Bonchev–Trinajstić information content (AvgIpc) is 3.39. The van der Waals surface area contributed by atoms with Gasteiger partial charge < -0.3 is 19.7 Å². The fraction of sp³-hybridized carbons (Fsp3) is 0.600. The number of nitrogens with one attached hydrogen (secondary N) is 1. The molecule has 1 atom stereocenters. The number of rotatable bonds is 5. The average molecular weight is 388 g/mol. The fourth-order valence-corrected chi connectivity index (χ4v) is 3.95. The summed E-state index contributed by atoms with van der Waals surface area (Å²) in [7, 11) is 0. The first-order valence-electron chi connectivity index (χ1n) is 10.0. The summed E-state index contributed by atoms with van der Waals surface area (Å²) in [6, 6.07) is 5.18. The molecule has 0 bridgehead atoms. The van der Waals surface area contributed by atoms with Gasteiger partial charge >= 0.3 is 0 Å². The van der Waals surface area contributed by atoms with Crippen LogP contribution in [0.2, 0.25) is 0 Å². The van der Waals surface area contributed by atoms with Crippen LogP contribution in [-0.2, 0) is 9.59 Å². The van der Waals surface area contributed by atoms with E-state index in [2.05, 4.69) is 15.1 Å². The predicted octanol–water partition coefficient (Wildman–Crippen LogP) is 0.982. The Balaban J connectivity index is 1.24. The van der Waals surface area contributed by atoms with Crippen molar-refractivity contribution in [1.82, 2.24) is 14.7 Å². The van der Waals surface area contributed by atoms with E-state index in [1.54, 1.807) is 12.1 Å². The largest absolute Gasteiger partial charge is 0.454 e. The van der Waals surface area contributed by atoms with E-state index in [9.17, 15) is 9.59 Å². The molecule has 0 radical (unpaired) electrons. The lowest BCUT2D eigenvalue weighted by atomic mass is 10.2. The van der Waals surface area contributed by atoms with Crippen molar-refractivity contribution in [3.63, 3.8) is 0 Å². The third-order valence-corrected chi connectivity index (χ3v) is 5.79. The lowest BCUT2D eigenvalue weighted by Crippen LogP contribution is -2.54. The number of amides is 2. The molecule has 0 aliphatic carbocycles. The Morgan fingerprint density at radius 2 is 1.75 bits per heavy atom. The smallest absolute Gasteiger partial charge is 0.241 e. The van der Waals surface area contributed by atoms with E-state index in [0.717, 1.165) is 52.1 Å². The highest BCUT2D eigenvalue weighted by Crippen LogP contribution is 2.34. The first kappa shape index (κ1) is 19.0. The molecule has 1 aromatic carbocycles. The van der Waals surface area contributed by atoms with Crippen molar-refractivity contribution in [1.29, 1.82) is 0 Å². The zero-order valence-corrected chi connectivity index (χ0v) is 16.4. The number of carbonyl (C=O) groups excluding carboxylic acids is 2. The van der Waals surface area contributed by atoms with Crippen LogP contribution in [-0.4, -0.2) is 85.2 Å². The molecule has 2 fully saturated rings. The summed E-state index contributed by atoms with van der Waals surface area (Å²) >= 11 is 0. The molecule has 8 nitrogen and oxygen atoms in total. The number of benzene rings is 1. The van der Waals surface area contributed by atoms with E-state index in [0.29, 0.717) is 23.7 Å². The van der Waals surface area contributed by atoms with Crippen LogP contribution in [0.1, 0.15) is 19.8 Å². The van der Waals surface area contributed by atoms with Crippen molar-refractivity contribution in [2.45, 2.75) is 25.8 Å². The van der Waals surface area contributed by atoms with Crippen molar-refractivity contribution in [3.05, 3.63) is 18.2 Å². The minimum atomic E-state index is -0.234. The molecule has 4 rings (SSSR count). The molecule has 0 aromatic heterocycles. The monoisotopic (exact) mass is 388 g/mol. The normalized spacial score (nSPS) is 21.0. The van der Waals surface area contributed by atoms with Gasteiger partial charge in [0.1, 0.15) is 0 Å². The van der Waals surface area contributed by atoms with Gasteiger partial charge in [-0.15, -0.1) is 0 Å². The Morgan fingerprint density at radius 1 is 1.04 bits per heavy atom. The molecule has 2 saturated heterocycles. The van der Waals surface area contributed by atoms with Gasteiger partial charge in [-0.3, -0.25) is 19.4 Å². The van der Waals surface area contributed by atoms with Crippen LogP contribution in [0.15, 0.2) is 18.2 Å². The molecule has 0 saturated carbocycles. The standard InChI is InChI=1S/C20H28N4O4/c1-15(20(26)21-16-4-5-17-18(12-16)28-14-27-17)23-10-8-22(9-11-23)13-19(25)24-6-2-3-7-24/h4-5,12,15H,2-3,6-11,13-14H2,1H3,(H,21,26)/t15-/m0/s1. The summed E-state index contributed by atoms with van der Waals surface area (Å²) in [5.74, 6) is 1.55. The first-order chi connectivity index (χ1) is 13.6. The Kier molecular flexibility index (Phi) is 5.68. The Labute approximate surface area is 165 Å². The highest BCUT2D eigenvalue weighted by molar-refractivity contribution is 5.94. The van der Waals surface area contributed by atoms with Crippen LogP contribution in [0.4, 0.5) is 5.69 Å². The predicted molar refractivity (Wildman–Crippen MR) is 104 cm³/mol. The quantitative estimate of drug-likeness (QED) is 0.811. The summed E-state index contributed by atoms with van der Waals surface area (Å²) < 4.78 is 10.7. The Morgan fingerprint density at radius 3 is 2.50 bits per heavy atom. The van der Waals surface area contributed by atoms with Gasteiger partial charge in [0.25, 0.3) is 0 Å². The van der Waals surface area contributed by atoms with Crippen molar-refractivity contribution < 1.29 is 19.1 Å². The number of hydrogen-bond donors (Lipinski definition) is 1. The van der Waals surface area contributed by atoms with Crippen molar-refractivity contribution in [2.24, 2.45) is 0 Å². The topological polar surface area (TPSA) is 74.4 Å². The summed E-state index contributed by atoms with van der Waals surface area (Å²) in [6.07, 6.45) is 2.24. The van der Waals surface area contributed by atoms with Gasteiger partial charge in [0, 0.05) is 51.0 Å². The summed E-state index contributed by atoms with van der Waals surface area (Å²) in [6.45, 7) is 7.60. The number of hydrogen-bond acceptors (Lipinski definition) is 6. The molecule has 2 amide bonds. The van der Waals surface area contributed by atoms with Crippen molar-refractivity contribution in [3.8, 4) is 11.5 Å². The third kappa shape index (κ3) is 4.23. The third-order valence-electron chi connectivity index (χ3n) is 5.79. The molecule has 0 unspecified atom stereocenters. The van der Waals surface area contributed by atoms with Gasteiger partial charge in [0.05, 0.1) is 12.6 Å². The number of fused-ring (bicyclic) bond motifs is 1. The van der Waals surface area contributed by atoms with E-state index >= 15 is 0 Å². The zero-order valence-electron chi connectivity index (χ0n) is 16.4. The molecular formula is C20H28N4O4. The van der Waals surface area contributed by atoms with Crippen LogP contribution < -0.4 is 14.8 Å². The molecule has 28 heavy (non-hydrogen) atoms. The van der Waals surface area contributed by atoms with E-state index in [1.807, 2.05) is 17.9 Å². The number of ether oxygens (including phenoxy) is 2. The number of nitrogens with zero attached hydrogens (tertiary/aromatic N) is 3. The summed E-state index contributed by atoms with van der Waals surface area (Å²) in [5, 5.41) is 2.96. The lowest BCUT2D eigenvalue weighted by molar-refractivity contribution is -0.132. The van der Waals surface area contributed by atoms with Gasteiger partial charge in [-0.1, -0.05) is 0 Å². The molecule has 1 aromatic rings. The van der Waals surface area contributed by atoms with Crippen LogP contribution in [0.25, 0.3) is 0 Å². The Bertz CT molecular complexity index is 727. The lowest BCUT2D eigenvalue weighted by Gasteiger charge is -2.37. The highest BCUT2D eigenvalue weighted by Gasteiger charge is 2.28. The number of likely N-dealkylation sites (tertiary alicyclic amines) is 1. The minimum Gasteiger partial charge on any atom is -0.454 e. The van der Waals surface area contributed by atoms with E-state index in [1.165, 1.54) is 0 Å². The van der Waals surface area contributed by atoms with Gasteiger partial charge in [-0.05, 0) is 31.9 Å². The second-order valence-corrected chi connectivity index (χ2v) is 7.63. The van der Waals surface area contributed by atoms with E-state index < -0.39 is 0 Å². The Hall–Kier alpha value is -2.32. The second-order valence-electron chi connectivity index (χ2n) is 7.63. The van der Waals surface area contributed by atoms with Crippen molar-refractivity contribution >= 4 is 17.5 Å². The zero-order chi connectivity index (χ0) is 19.5. The van der Waals surface area contributed by atoms with Gasteiger partial charge in [0.2, 0.25) is 18.6 Å². The SMILES string of the molecule is C[C@@H](C(=O)Nc1ccc2c(c1)OCO2)N1CCN(CC(=O)N2CCCC2)CC1. The maximum absolute atomic E-state index is 12.6. The molecule has 3 heterocycles. The van der Waals surface area contributed by atoms with Gasteiger partial charge in [-0.25, -0.2) is 0 Å². The van der Waals surface area contributed by atoms with Crippen LogP contribution in [0.5, 0.6) is 11.5 Å². The molecular weight excluding hydrogens is 360 g/mol. The maximum Gasteiger partial charge on any atom is 0.241 e. The summed E-state index contributed by atoms with van der Waals surface area (Å²) in [5.41, 5.74) is 0.705. The van der Waals surface area contributed by atoms with E-state index in [4.69, 9.17) is 9.47 Å². The van der Waals surface area contributed by atoms with Crippen LogP contribution in [0, 0.1) is 0 Å². The van der Waals surface area contributed by atoms with Crippen LogP contribution >= 0.6 is 0 Å². The first-order valence-corrected chi connectivity index (χ1v) is 10.0.